The standard InChI is InChI=1S/C19H29N4O6PS/c1-6-23(7-2)17-18(15-10-12-16(27-5)13-11-15)14-20-22-19(18,31(25,26)21-17)30(24,28-8-3)29-9-4/h10-14,22H,6-9H2,1-5H3. The van der Waals surface area contributed by atoms with E-state index >= 15 is 0 Å². The number of hydrazone groups is 1. The molecule has 0 aromatic heterocycles. The molecule has 0 fully saturated rings. The van der Waals surface area contributed by atoms with Crippen molar-refractivity contribution in [1.29, 1.82) is 0 Å². The lowest BCUT2D eigenvalue weighted by Gasteiger charge is -2.42. The van der Waals surface area contributed by atoms with Gasteiger partial charge in [0, 0.05) is 19.3 Å². The van der Waals surface area contributed by atoms with Gasteiger partial charge in [-0.15, -0.1) is 4.40 Å². The highest BCUT2D eigenvalue weighted by atomic mass is 32.2. The second-order valence-electron chi connectivity index (χ2n) is 6.95. The van der Waals surface area contributed by atoms with Crippen LogP contribution in [0.4, 0.5) is 0 Å². The van der Waals surface area contributed by atoms with Gasteiger partial charge < -0.3 is 18.7 Å². The molecule has 1 aromatic carbocycles. The van der Waals surface area contributed by atoms with E-state index < -0.39 is 27.6 Å². The number of sulfonamides is 1. The Morgan fingerprint density at radius 2 is 1.65 bits per heavy atom. The number of rotatable bonds is 9. The number of benzene rings is 1. The largest absolute Gasteiger partial charge is 0.497 e. The quantitative estimate of drug-likeness (QED) is 0.545. The molecule has 0 spiro atoms. The molecular formula is C19H29N4O6PS. The van der Waals surface area contributed by atoms with Crippen LogP contribution in [-0.2, 0) is 29.1 Å². The minimum absolute atomic E-state index is 0.0183. The molecule has 31 heavy (non-hydrogen) atoms. The van der Waals surface area contributed by atoms with E-state index in [1.165, 1.54) is 13.3 Å². The van der Waals surface area contributed by atoms with Crippen LogP contribution in [0, 0.1) is 0 Å². The van der Waals surface area contributed by atoms with Crippen LogP contribution in [0.25, 0.3) is 0 Å². The van der Waals surface area contributed by atoms with Gasteiger partial charge in [0.15, 0.2) is 0 Å². The first kappa shape index (κ1) is 23.7. The fourth-order valence-electron chi connectivity index (χ4n) is 4.18. The third kappa shape index (κ3) is 3.13. The van der Waals surface area contributed by atoms with Crippen LogP contribution in [0.1, 0.15) is 33.3 Å². The molecule has 12 heteroatoms. The van der Waals surface area contributed by atoms with Crippen molar-refractivity contribution >= 4 is 29.7 Å². The van der Waals surface area contributed by atoms with Crippen molar-refractivity contribution in [1.82, 2.24) is 10.3 Å². The normalized spacial score (nSPS) is 26.3. The Labute approximate surface area is 183 Å². The van der Waals surface area contributed by atoms with Gasteiger partial charge >= 0.3 is 7.60 Å². The molecule has 0 amide bonds. The zero-order valence-corrected chi connectivity index (χ0v) is 20.1. The third-order valence-corrected chi connectivity index (χ3v) is 10.9. The first-order valence-corrected chi connectivity index (χ1v) is 13.2. The van der Waals surface area contributed by atoms with Crippen LogP contribution < -0.4 is 10.2 Å². The Kier molecular flexibility index (Phi) is 6.53. The molecule has 2 heterocycles. The van der Waals surface area contributed by atoms with Crippen molar-refractivity contribution in [2.24, 2.45) is 9.50 Å². The summed E-state index contributed by atoms with van der Waals surface area (Å²) in [5, 5.41) is 4.13. The van der Waals surface area contributed by atoms with E-state index in [1.54, 1.807) is 38.1 Å². The van der Waals surface area contributed by atoms with Crippen LogP contribution in [0.5, 0.6) is 5.75 Å². The second kappa shape index (κ2) is 8.54. The molecule has 0 saturated carbocycles. The van der Waals surface area contributed by atoms with Gasteiger partial charge in [0.1, 0.15) is 17.0 Å². The molecule has 0 radical (unpaired) electrons. The lowest BCUT2D eigenvalue weighted by Crippen LogP contribution is -2.62. The van der Waals surface area contributed by atoms with E-state index in [9.17, 15) is 13.0 Å². The number of fused-ring (bicyclic) bond motifs is 1. The molecule has 2 aliphatic rings. The summed E-state index contributed by atoms with van der Waals surface area (Å²) < 4.78 is 59.9. The molecule has 3 rings (SSSR count). The van der Waals surface area contributed by atoms with Gasteiger partial charge in [-0.2, -0.15) is 5.10 Å². The number of amidine groups is 1. The zero-order chi connectivity index (χ0) is 22.9. The molecule has 1 N–H and O–H groups in total. The highest BCUT2D eigenvalue weighted by Gasteiger charge is 2.81. The first-order chi connectivity index (χ1) is 14.7. The lowest BCUT2D eigenvalue weighted by atomic mass is 9.79. The minimum Gasteiger partial charge on any atom is -0.497 e. The van der Waals surface area contributed by atoms with E-state index in [0.717, 1.165) is 0 Å². The summed E-state index contributed by atoms with van der Waals surface area (Å²) in [6.45, 7) is 7.97. The number of hydrogen-bond donors (Lipinski definition) is 1. The minimum atomic E-state index is -4.46. The summed E-state index contributed by atoms with van der Waals surface area (Å²) in [6.07, 6.45) is 1.45. The number of ether oxygens (including phenoxy) is 1. The first-order valence-electron chi connectivity index (χ1n) is 10.2. The number of nitrogens with zero attached hydrogens (tertiary/aromatic N) is 3. The van der Waals surface area contributed by atoms with Crippen molar-refractivity contribution in [2.75, 3.05) is 33.4 Å². The maximum Gasteiger partial charge on any atom is 0.376 e. The predicted molar refractivity (Wildman–Crippen MR) is 119 cm³/mol. The smallest absolute Gasteiger partial charge is 0.376 e. The van der Waals surface area contributed by atoms with E-state index in [-0.39, 0.29) is 19.0 Å². The van der Waals surface area contributed by atoms with E-state index in [4.69, 9.17) is 13.8 Å². The SMILES string of the molecule is CCOP(=O)(OCC)C12NN=CC1(c1ccc(OC)cc1)C(N(CC)CC)=NS2(=O)=O. The highest BCUT2D eigenvalue weighted by Crippen LogP contribution is 2.71. The van der Waals surface area contributed by atoms with Gasteiger partial charge in [-0.3, -0.25) is 9.99 Å². The van der Waals surface area contributed by atoms with Crippen molar-refractivity contribution in [3.8, 4) is 5.75 Å². The van der Waals surface area contributed by atoms with Crippen LogP contribution in [-0.4, -0.2) is 63.4 Å². The zero-order valence-electron chi connectivity index (χ0n) is 18.4. The molecule has 172 valence electrons. The number of hydrogen-bond acceptors (Lipinski definition) is 9. The molecule has 2 unspecified atom stereocenters. The van der Waals surface area contributed by atoms with Crippen LogP contribution in [0.15, 0.2) is 33.8 Å². The third-order valence-electron chi connectivity index (χ3n) is 5.53. The van der Waals surface area contributed by atoms with Crippen LogP contribution >= 0.6 is 7.60 Å². The fraction of sp³-hybridized carbons (Fsp3) is 0.579. The van der Waals surface area contributed by atoms with Gasteiger partial charge in [0.2, 0.25) is 0 Å². The molecule has 0 aliphatic carbocycles. The number of likely N-dealkylation sites (N-methyl/N-ethyl adjacent to an activating group) is 1. The Morgan fingerprint density at radius 3 is 2.13 bits per heavy atom. The summed E-state index contributed by atoms with van der Waals surface area (Å²) in [5.74, 6) is 0.810. The van der Waals surface area contributed by atoms with Gasteiger partial charge in [-0.1, -0.05) is 12.1 Å². The van der Waals surface area contributed by atoms with Gasteiger partial charge in [0.25, 0.3) is 14.6 Å². The van der Waals surface area contributed by atoms with Gasteiger partial charge in [0.05, 0.1) is 20.3 Å². The monoisotopic (exact) mass is 472 g/mol. The molecule has 1 aromatic rings. The second-order valence-corrected chi connectivity index (χ2v) is 11.2. The summed E-state index contributed by atoms with van der Waals surface area (Å²) in [5.41, 5.74) is 1.61. The maximum atomic E-state index is 14.2. The van der Waals surface area contributed by atoms with Crippen molar-refractivity contribution in [2.45, 2.75) is 37.7 Å². The summed E-state index contributed by atoms with van der Waals surface area (Å²) in [4.78, 5) is 1.81. The van der Waals surface area contributed by atoms with E-state index in [2.05, 4.69) is 14.9 Å². The topological polar surface area (TPSA) is 119 Å². The van der Waals surface area contributed by atoms with Crippen molar-refractivity contribution < 1.29 is 26.8 Å². The summed E-state index contributed by atoms with van der Waals surface area (Å²) in [7, 11) is -7.28. The Balaban J connectivity index is 2.41. The Bertz CT molecular complexity index is 1010. The van der Waals surface area contributed by atoms with Crippen molar-refractivity contribution in [3.05, 3.63) is 29.8 Å². The average Bonchev–Trinajstić information content (AvgIpc) is 3.25. The fourth-order valence-corrected chi connectivity index (χ4v) is 9.22. The molecular weight excluding hydrogens is 443 g/mol. The lowest BCUT2D eigenvalue weighted by molar-refractivity contribution is 0.198. The molecule has 2 atom stereocenters. The predicted octanol–water partition coefficient (Wildman–Crippen LogP) is 2.53. The Morgan fingerprint density at radius 1 is 1.06 bits per heavy atom. The van der Waals surface area contributed by atoms with Gasteiger partial charge in [-0.25, -0.2) is 8.42 Å². The molecule has 2 aliphatic heterocycles. The molecule has 0 bridgehead atoms. The highest BCUT2D eigenvalue weighted by molar-refractivity contribution is 7.99. The maximum absolute atomic E-state index is 14.2. The van der Waals surface area contributed by atoms with Crippen LogP contribution in [0.2, 0.25) is 0 Å². The summed E-state index contributed by atoms with van der Waals surface area (Å²) >= 11 is 0. The molecule has 10 nitrogen and oxygen atoms in total. The van der Waals surface area contributed by atoms with Crippen molar-refractivity contribution in [3.63, 3.8) is 0 Å². The van der Waals surface area contributed by atoms with Crippen LogP contribution in [0.3, 0.4) is 0 Å². The Hall–Kier alpha value is -1.94. The number of methoxy groups -OCH3 is 1. The average molecular weight is 473 g/mol. The number of nitrogens with one attached hydrogen (secondary N) is 1. The van der Waals surface area contributed by atoms with Gasteiger partial charge in [-0.05, 0) is 45.4 Å². The van der Waals surface area contributed by atoms with E-state index in [0.29, 0.717) is 24.4 Å². The summed E-state index contributed by atoms with van der Waals surface area (Å²) in [6, 6.07) is 6.85. The van der Waals surface area contributed by atoms with E-state index in [1.807, 2.05) is 18.7 Å². The molecule has 0 saturated heterocycles.